The maximum atomic E-state index is 15.6. The molecule has 1 aromatic carbocycles. The van der Waals surface area contributed by atoms with E-state index in [1.165, 1.54) is 0 Å². The number of pyridine rings is 1. The van der Waals surface area contributed by atoms with Crippen LogP contribution in [0, 0.1) is 0 Å². The number of carbonyl (C=O) groups excluding carboxylic acids is 1. The zero-order valence-corrected chi connectivity index (χ0v) is 15.2. The van der Waals surface area contributed by atoms with Gasteiger partial charge in [-0.25, -0.2) is 4.39 Å². The number of hydrogen-bond donors (Lipinski definition) is 2. The molecule has 0 aliphatic heterocycles. The van der Waals surface area contributed by atoms with Crippen LogP contribution < -0.4 is 11.1 Å². The van der Waals surface area contributed by atoms with Crippen molar-refractivity contribution in [2.75, 3.05) is 0 Å². The lowest BCUT2D eigenvalue weighted by atomic mass is 9.74. The third kappa shape index (κ3) is 3.36. The minimum Gasteiger partial charge on any atom is -0.349 e. The van der Waals surface area contributed by atoms with Crippen LogP contribution in [0.25, 0.3) is 0 Å². The van der Waals surface area contributed by atoms with Gasteiger partial charge in [0.15, 0.2) is 0 Å². The Hall–Kier alpha value is -1.69. The van der Waals surface area contributed by atoms with Gasteiger partial charge in [-0.15, -0.1) is 0 Å². The van der Waals surface area contributed by atoms with Gasteiger partial charge in [0.2, 0.25) is 5.67 Å². The van der Waals surface area contributed by atoms with Crippen LogP contribution in [-0.4, -0.2) is 10.9 Å². The lowest BCUT2D eigenvalue weighted by molar-refractivity contribution is -0.135. The lowest BCUT2D eigenvalue weighted by Crippen LogP contribution is -2.49. The summed E-state index contributed by atoms with van der Waals surface area (Å²) in [6, 6.07) is 8.12. The molecule has 0 saturated carbocycles. The van der Waals surface area contributed by atoms with Crippen LogP contribution in [-0.2, 0) is 22.5 Å². The summed E-state index contributed by atoms with van der Waals surface area (Å²) in [4.78, 5) is 16.8. The normalized spacial score (nSPS) is 25.3. The third-order valence-electron chi connectivity index (χ3n) is 4.58. The minimum absolute atomic E-state index is 0.00111. The summed E-state index contributed by atoms with van der Waals surface area (Å²) in [6.07, 6.45) is 1.88. The number of nitrogens with one attached hydrogen (secondary N) is 1. The average molecular weight is 382 g/mol. The SMILES string of the molecule is C[C@@]1(N)CC[C@@](F)(C(=O)NCc2ccc(Cl)cc2Cl)c2cccnc21. The Labute approximate surface area is 155 Å². The van der Waals surface area contributed by atoms with E-state index >= 15 is 4.39 Å². The molecule has 3 N–H and O–H groups in total. The topological polar surface area (TPSA) is 68.0 Å². The Kier molecular flexibility index (Phi) is 4.75. The molecule has 3 rings (SSSR count). The Bertz CT molecular complexity index is 828. The van der Waals surface area contributed by atoms with E-state index < -0.39 is 17.1 Å². The summed E-state index contributed by atoms with van der Waals surface area (Å²) in [5, 5.41) is 3.54. The van der Waals surface area contributed by atoms with Crippen LogP contribution in [0.4, 0.5) is 4.39 Å². The first-order valence-electron chi connectivity index (χ1n) is 7.90. The highest BCUT2D eigenvalue weighted by atomic mass is 35.5. The van der Waals surface area contributed by atoms with E-state index in [1.54, 1.807) is 43.5 Å². The maximum Gasteiger partial charge on any atom is 0.262 e. The Morgan fingerprint density at radius 1 is 1.36 bits per heavy atom. The van der Waals surface area contributed by atoms with Gasteiger partial charge in [-0.3, -0.25) is 9.78 Å². The predicted molar refractivity (Wildman–Crippen MR) is 96.1 cm³/mol. The van der Waals surface area contributed by atoms with E-state index in [-0.39, 0.29) is 18.5 Å². The number of rotatable bonds is 3. The van der Waals surface area contributed by atoms with Crippen LogP contribution in [0.5, 0.6) is 0 Å². The molecule has 25 heavy (non-hydrogen) atoms. The fourth-order valence-electron chi connectivity index (χ4n) is 3.08. The predicted octanol–water partition coefficient (Wildman–Crippen LogP) is 3.84. The van der Waals surface area contributed by atoms with Gasteiger partial charge in [-0.05, 0) is 43.5 Å². The number of carbonyl (C=O) groups is 1. The first kappa shape index (κ1) is 18.1. The lowest BCUT2D eigenvalue weighted by Gasteiger charge is -2.38. The van der Waals surface area contributed by atoms with Crippen molar-refractivity contribution in [2.24, 2.45) is 5.73 Å². The molecule has 0 bridgehead atoms. The molecule has 4 nitrogen and oxygen atoms in total. The molecule has 0 unspecified atom stereocenters. The van der Waals surface area contributed by atoms with Gasteiger partial charge in [-0.1, -0.05) is 35.3 Å². The van der Waals surface area contributed by atoms with Gasteiger partial charge in [-0.2, -0.15) is 0 Å². The zero-order valence-electron chi connectivity index (χ0n) is 13.7. The van der Waals surface area contributed by atoms with E-state index in [4.69, 9.17) is 28.9 Å². The van der Waals surface area contributed by atoms with Crippen molar-refractivity contribution >= 4 is 29.1 Å². The van der Waals surface area contributed by atoms with Crippen molar-refractivity contribution in [3.63, 3.8) is 0 Å². The van der Waals surface area contributed by atoms with E-state index in [0.717, 1.165) is 0 Å². The quantitative estimate of drug-likeness (QED) is 0.848. The first-order chi connectivity index (χ1) is 11.7. The van der Waals surface area contributed by atoms with Gasteiger partial charge >= 0.3 is 0 Å². The highest BCUT2D eigenvalue weighted by Gasteiger charge is 2.49. The fraction of sp³-hybridized carbons (Fsp3) is 0.333. The number of fused-ring (bicyclic) bond motifs is 1. The monoisotopic (exact) mass is 381 g/mol. The summed E-state index contributed by atoms with van der Waals surface area (Å²) in [5.74, 6) is -0.719. The van der Waals surface area contributed by atoms with Crippen molar-refractivity contribution in [3.05, 3.63) is 63.4 Å². The van der Waals surface area contributed by atoms with Crippen LogP contribution in [0.15, 0.2) is 36.5 Å². The van der Waals surface area contributed by atoms with E-state index in [9.17, 15) is 4.79 Å². The number of nitrogens with zero attached hydrogens (tertiary/aromatic N) is 1. The smallest absolute Gasteiger partial charge is 0.262 e. The number of halogens is 3. The van der Waals surface area contributed by atoms with Gasteiger partial charge < -0.3 is 11.1 Å². The van der Waals surface area contributed by atoms with Crippen molar-refractivity contribution in [3.8, 4) is 0 Å². The van der Waals surface area contributed by atoms with Crippen molar-refractivity contribution < 1.29 is 9.18 Å². The summed E-state index contributed by atoms with van der Waals surface area (Å²) in [5.41, 5.74) is 4.60. The van der Waals surface area contributed by atoms with Crippen LogP contribution in [0.1, 0.15) is 36.6 Å². The number of aromatic nitrogens is 1. The Balaban J connectivity index is 1.84. The Morgan fingerprint density at radius 3 is 2.84 bits per heavy atom. The second-order valence-electron chi connectivity index (χ2n) is 6.54. The number of alkyl halides is 1. The average Bonchev–Trinajstić information content (AvgIpc) is 2.58. The number of nitrogens with two attached hydrogens (primary N) is 1. The van der Waals surface area contributed by atoms with Gasteiger partial charge in [0.25, 0.3) is 5.91 Å². The molecule has 1 amide bonds. The van der Waals surface area contributed by atoms with Gasteiger partial charge in [0.05, 0.1) is 11.2 Å². The standard InChI is InChI=1S/C18H18Cl2FN3O/c1-17(22)6-7-18(21,13-3-2-8-23-15(13)17)16(25)24-10-11-4-5-12(19)9-14(11)20/h2-5,8-9H,6-7,10,22H2,1H3,(H,24,25)/t17-,18+/m1/s1. The molecule has 0 saturated heterocycles. The Morgan fingerprint density at radius 2 is 2.12 bits per heavy atom. The maximum absolute atomic E-state index is 15.6. The second-order valence-corrected chi connectivity index (χ2v) is 7.38. The largest absolute Gasteiger partial charge is 0.349 e. The van der Waals surface area contributed by atoms with E-state index in [0.29, 0.717) is 27.7 Å². The van der Waals surface area contributed by atoms with Crippen LogP contribution >= 0.6 is 23.2 Å². The van der Waals surface area contributed by atoms with E-state index in [2.05, 4.69) is 10.3 Å². The van der Waals surface area contributed by atoms with Crippen molar-refractivity contribution in [2.45, 2.75) is 37.5 Å². The van der Waals surface area contributed by atoms with E-state index in [1.807, 2.05) is 0 Å². The summed E-state index contributed by atoms with van der Waals surface area (Å²) < 4.78 is 15.6. The highest BCUT2D eigenvalue weighted by Crippen LogP contribution is 2.44. The molecule has 132 valence electrons. The number of benzene rings is 1. The molecule has 2 atom stereocenters. The summed E-state index contributed by atoms with van der Waals surface area (Å²) in [7, 11) is 0. The molecule has 1 aliphatic carbocycles. The summed E-state index contributed by atoms with van der Waals surface area (Å²) >= 11 is 12.0. The van der Waals surface area contributed by atoms with Crippen molar-refractivity contribution in [1.29, 1.82) is 0 Å². The molecule has 1 aliphatic rings. The number of hydrogen-bond acceptors (Lipinski definition) is 3. The molecule has 0 spiro atoms. The van der Waals surface area contributed by atoms with Gasteiger partial charge in [0, 0.05) is 28.4 Å². The first-order valence-corrected chi connectivity index (χ1v) is 8.66. The molecular weight excluding hydrogens is 364 g/mol. The van der Waals surface area contributed by atoms with Crippen molar-refractivity contribution in [1.82, 2.24) is 10.3 Å². The third-order valence-corrected chi connectivity index (χ3v) is 5.17. The summed E-state index contributed by atoms with van der Waals surface area (Å²) in [6.45, 7) is 1.90. The molecule has 7 heteroatoms. The molecular formula is C18H18Cl2FN3O. The molecule has 1 heterocycles. The molecule has 2 aromatic rings. The van der Waals surface area contributed by atoms with Crippen LogP contribution in [0.3, 0.4) is 0 Å². The molecule has 0 radical (unpaired) electrons. The highest BCUT2D eigenvalue weighted by molar-refractivity contribution is 6.35. The van der Waals surface area contributed by atoms with Crippen LogP contribution in [0.2, 0.25) is 10.0 Å². The van der Waals surface area contributed by atoms with Gasteiger partial charge in [0.1, 0.15) is 0 Å². The second kappa shape index (κ2) is 6.56. The molecule has 1 aromatic heterocycles. The molecule has 0 fully saturated rings. The zero-order chi connectivity index (χ0) is 18.2. The number of amides is 1. The fourth-order valence-corrected chi connectivity index (χ4v) is 3.56. The minimum atomic E-state index is -2.17.